The monoisotopic (exact) mass is 838 g/mol. The van der Waals surface area contributed by atoms with E-state index in [4.69, 9.17) is 0 Å². The van der Waals surface area contributed by atoms with E-state index in [1.54, 1.807) is 10.4 Å². The maximum atomic E-state index is 2.98. The van der Waals surface area contributed by atoms with Gasteiger partial charge in [-0.2, -0.15) is 0 Å². The van der Waals surface area contributed by atoms with Crippen molar-refractivity contribution in [2.75, 3.05) is 0 Å². The molecule has 0 spiro atoms. The van der Waals surface area contributed by atoms with E-state index in [0.717, 1.165) is 0 Å². The van der Waals surface area contributed by atoms with Crippen LogP contribution in [0, 0.1) is 6.92 Å². The second kappa shape index (κ2) is 25.0. The van der Waals surface area contributed by atoms with Crippen LogP contribution in [0.5, 0.6) is 0 Å². The van der Waals surface area contributed by atoms with E-state index in [-0.39, 0.29) is 0 Å². The first kappa shape index (κ1) is 47.8. The zero-order chi connectivity index (χ0) is 41.1. The third kappa shape index (κ3) is 12.8. The summed E-state index contributed by atoms with van der Waals surface area (Å²) in [5.41, 5.74) is 1.40. The largest absolute Gasteiger partial charge is 0.242 e. The highest BCUT2D eigenvalue weighted by atomic mass is 31.2. The summed E-state index contributed by atoms with van der Waals surface area (Å²) < 4.78 is 2.98. The minimum absolute atomic E-state index is 0.362. The molecule has 0 radical (unpaired) electrons. The Balaban J connectivity index is 1.97. The van der Waals surface area contributed by atoms with Crippen molar-refractivity contribution in [2.45, 2.75) is 182 Å². The van der Waals surface area contributed by atoms with Gasteiger partial charge in [0.05, 0.1) is 16.1 Å². The first-order chi connectivity index (χ1) is 27.7. The molecule has 0 aromatic heterocycles. The molecule has 1 atom stereocenters. The van der Waals surface area contributed by atoms with Crippen LogP contribution in [0.1, 0.15) is 138 Å². The molecule has 0 bridgehead atoms. The molecule has 4 aromatic carbocycles. The molecule has 0 aliphatic heterocycles. The second-order valence-electron chi connectivity index (χ2n) is 17.4. The summed E-state index contributed by atoms with van der Waals surface area (Å²) >= 11 is 0. The highest BCUT2D eigenvalue weighted by Gasteiger charge is 2.38. The SMILES string of the molecule is CCCC[Si](CCCC)(CCCC)c1ccc(P(c2ccc([Si](CCCC)(CCCC)CCCC)cc2)N(C(C)C)P(c2ccccc2)c2ccccc2C)cc1. The molecule has 0 heterocycles. The minimum atomic E-state index is -1.61. The maximum Gasteiger partial charge on any atom is 0.0867 e. The maximum absolute atomic E-state index is 2.98. The number of aryl methyl sites for hydroxylation is 1. The first-order valence-corrected chi connectivity index (χ1v) is 31.3. The summed E-state index contributed by atoms with van der Waals surface area (Å²) in [6.07, 6.45) is 16.1. The van der Waals surface area contributed by atoms with Crippen molar-refractivity contribution in [3.05, 3.63) is 109 Å². The Morgan fingerprint density at radius 2 is 0.754 bits per heavy atom. The van der Waals surface area contributed by atoms with Crippen LogP contribution >= 0.6 is 16.1 Å². The van der Waals surface area contributed by atoms with Gasteiger partial charge in [-0.3, -0.25) is 0 Å². The minimum Gasteiger partial charge on any atom is -0.242 e. The lowest BCUT2D eigenvalue weighted by atomic mass is 10.2. The van der Waals surface area contributed by atoms with E-state index >= 15 is 0 Å². The Morgan fingerprint density at radius 3 is 1.09 bits per heavy atom. The quantitative estimate of drug-likeness (QED) is 0.0427. The lowest BCUT2D eigenvalue weighted by Crippen LogP contribution is -2.48. The molecule has 4 rings (SSSR count). The van der Waals surface area contributed by atoms with Crippen LogP contribution in [0.15, 0.2) is 103 Å². The van der Waals surface area contributed by atoms with E-state index in [2.05, 4.69) is 170 Å². The molecule has 1 nitrogen and oxygen atoms in total. The summed E-state index contributed by atoms with van der Waals surface area (Å²) in [6.45, 7) is 21.6. The summed E-state index contributed by atoms with van der Waals surface area (Å²) in [6, 6.07) is 50.9. The standard InChI is InChI=1S/C52H81NP2Si2/c1-10-16-39-56(40-17-11-2,41-18-12-3)50-35-31-48(32-36-50)54(49-33-37-51(38-34-49)57(42-19-13-4,43-20-14-5)44-21-15-6)53(45(7)8)55(47-28-23-22-24-29-47)52-30-26-25-27-46(52)9/h22-38,45H,10-21,39-44H2,1-9H3. The number of benzene rings is 4. The van der Waals surface area contributed by atoms with Gasteiger partial charge in [-0.05, 0) is 47.6 Å². The molecular formula is C52H81NP2Si2. The smallest absolute Gasteiger partial charge is 0.0867 e. The van der Waals surface area contributed by atoms with Gasteiger partial charge in [0, 0.05) is 22.2 Å². The Bertz CT molecular complexity index is 1550. The number of hydrogen-bond donors (Lipinski definition) is 0. The number of unbranched alkanes of at least 4 members (excludes halogenated alkanes) is 6. The summed E-state index contributed by atoms with van der Waals surface area (Å²) in [5, 5.41) is 9.43. The number of nitrogens with zero attached hydrogens (tertiary/aromatic N) is 1. The Kier molecular flexibility index (Phi) is 21.0. The summed E-state index contributed by atoms with van der Waals surface area (Å²) in [7, 11) is -4.84. The van der Waals surface area contributed by atoms with E-state index < -0.39 is 32.3 Å². The Morgan fingerprint density at radius 1 is 0.421 bits per heavy atom. The average Bonchev–Trinajstić information content (AvgIpc) is 3.24. The third-order valence-electron chi connectivity index (χ3n) is 12.7. The van der Waals surface area contributed by atoms with Gasteiger partial charge >= 0.3 is 0 Å². The van der Waals surface area contributed by atoms with Gasteiger partial charge < -0.3 is 0 Å². The van der Waals surface area contributed by atoms with Crippen molar-refractivity contribution in [1.82, 2.24) is 4.44 Å². The van der Waals surface area contributed by atoms with Crippen molar-refractivity contribution in [3.63, 3.8) is 0 Å². The summed E-state index contributed by atoms with van der Waals surface area (Å²) in [5.74, 6) is 0. The van der Waals surface area contributed by atoms with Gasteiger partial charge in [-0.25, -0.2) is 4.44 Å². The predicted molar refractivity (Wildman–Crippen MR) is 269 cm³/mol. The lowest BCUT2D eigenvalue weighted by molar-refractivity contribution is 0.583. The molecule has 0 fully saturated rings. The van der Waals surface area contributed by atoms with Crippen molar-refractivity contribution in [2.24, 2.45) is 0 Å². The molecule has 0 saturated heterocycles. The Labute approximate surface area is 356 Å². The van der Waals surface area contributed by atoms with Gasteiger partial charge in [0.2, 0.25) is 0 Å². The van der Waals surface area contributed by atoms with E-state index in [9.17, 15) is 0 Å². The molecule has 5 heteroatoms. The normalized spacial score (nSPS) is 12.9. The summed E-state index contributed by atoms with van der Waals surface area (Å²) in [4.78, 5) is 0. The molecule has 0 aliphatic carbocycles. The fourth-order valence-electron chi connectivity index (χ4n) is 9.29. The molecule has 0 N–H and O–H groups in total. The average molecular weight is 838 g/mol. The molecular weight excluding hydrogens is 757 g/mol. The van der Waals surface area contributed by atoms with Gasteiger partial charge in [-0.1, -0.05) is 268 Å². The van der Waals surface area contributed by atoms with Crippen LogP contribution in [0.2, 0.25) is 36.3 Å². The van der Waals surface area contributed by atoms with Crippen molar-refractivity contribution < 1.29 is 0 Å². The fourth-order valence-corrected chi connectivity index (χ4v) is 26.8. The van der Waals surface area contributed by atoms with Crippen LogP contribution in [0.3, 0.4) is 0 Å². The van der Waals surface area contributed by atoms with Crippen LogP contribution in [-0.2, 0) is 0 Å². The van der Waals surface area contributed by atoms with Crippen molar-refractivity contribution >= 4 is 63.9 Å². The van der Waals surface area contributed by atoms with E-state index in [1.807, 2.05) is 0 Å². The van der Waals surface area contributed by atoms with E-state index in [1.165, 1.54) is 140 Å². The third-order valence-corrected chi connectivity index (χ3v) is 29.8. The molecule has 312 valence electrons. The highest BCUT2D eigenvalue weighted by molar-refractivity contribution is 7.84. The molecule has 0 amide bonds. The predicted octanol–water partition coefficient (Wildman–Crippen LogP) is 14.2. The molecule has 0 aliphatic rings. The zero-order valence-corrected chi connectivity index (χ0v) is 41.8. The van der Waals surface area contributed by atoms with Crippen LogP contribution < -0.4 is 31.6 Å². The van der Waals surface area contributed by atoms with Crippen LogP contribution in [0.4, 0.5) is 0 Å². The van der Waals surface area contributed by atoms with Crippen LogP contribution in [-0.4, -0.2) is 26.6 Å². The zero-order valence-electron chi connectivity index (χ0n) is 38.0. The van der Waals surface area contributed by atoms with Crippen LogP contribution in [0.25, 0.3) is 0 Å². The second-order valence-corrected chi connectivity index (χ2v) is 31.2. The first-order valence-electron chi connectivity index (χ1n) is 23.5. The van der Waals surface area contributed by atoms with Gasteiger partial charge in [0.15, 0.2) is 0 Å². The highest BCUT2D eigenvalue weighted by Crippen LogP contribution is 2.56. The van der Waals surface area contributed by atoms with Gasteiger partial charge in [-0.15, -0.1) is 0 Å². The van der Waals surface area contributed by atoms with Crippen molar-refractivity contribution in [3.8, 4) is 0 Å². The topological polar surface area (TPSA) is 3.24 Å². The molecule has 57 heavy (non-hydrogen) atoms. The van der Waals surface area contributed by atoms with E-state index in [0.29, 0.717) is 6.04 Å². The molecule has 1 unspecified atom stereocenters. The molecule has 0 saturated carbocycles. The number of hydrogen-bond acceptors (Lipinski definition) is 1. The Hall–Kier alpha value is -1.87. The number of rotatable bonds is 27. The fraction of sp³-hybridized carbons (Fsp3) is 0.538. The van der Waals surface area contributed by atoms with Crippen molar-refractivity contribution in [1.29, 1.82) is 0 Å². The van der Waals surface area contributed by atoms with Gasteiger partial charge in [0.1, 0.15) is 0 Å². The lowest BCUT2D eigenvalue weighted by Gasteiger charge is -2.42. The van der Waals surface area contributed by atoms with Gasteiger partial charge in [0.25, 0.3) is 0 Å². The molecule has 4 aromatic rings.